The van der Waals surface area contributed by atoms with Gasteiger partial charge in [0.2, 0.25) is 0 Å². The van der Waals surface area contributed by atoms with E-state index in [2.05, 4.69) is 60.7 Å². The topological polar surface area (TPSA) is 12.0 Å². The molecule has 0 aliphatic carbocycles. The van der Waals surface area contributed by atoms with Crippen molar-refractivity contribution in [2.24, 2.45) is 35.5 Å². The maximum atomic E-state index is 3.66. The van der Waals surface area contributed by atoms with Crippen LogP contribution in [0.1, 0.15) is 55.4 Å². The van der Waals surface area contributed by atoms with E-state index in [0.717, 1.165) is 48.6 Å². The van der Waals surface area contributed by atoms with Crippen molar-refractivity contribution in [3.05, 3.63) is 0 Å². The number of nitrogens with one attached hydrogen (secondary N) is 1. The largest absolute Gasteiger partial charge is 0.316 e. The zero-order valence-corrected chi connectivity index (χ0v) is 13.4. The van der Waals surface area contributed by atoms with Crippen molar-refractivity contribution in [2.75, 3.05) is 13.1 Å². The first-order valence-corrected chi connectivity index (χ1v) is 7.48. The Balaban J connectivity index is 3.84. The summed E-state index contributed by atoms with van der Waals surface area (Å²) >= 11 is 0. The van der Waals surface area contributed by atoms with Gasteiger partial charge in [-0.1, -0.05) is 55.4 Å². The van der Waals surface area contributed by atoms with E-state index in [1.807, 2.05) is 0 Å². The van der Waals surface area contributed by atoms with E-state index in [-0.39, 0.29) is 0 Å². The first-order chi connectivity index (χ1) is 7.77. The summed E-state index contributed by atoms with van der Waals surface area (Å²) in [6.07, 6.45) is 0. The molecule has 4 unspecified atom stereocenters. The predicted octanol–water partition coefficient (Wildman–Crippen LogP) is 4.43. The van der Waals surface area contributed by atoms with E-state index in [1.54, 1.807) is 0 Å². The maximum Gasteiger partial charge on any atom is -0.00204 e. The maximum absolute atomic E-state index is 3.66. The highest BCUT2D eigenvalue weighted by Crippen LogP contribution is 2.21. The van der Waals surface area contributed by atoms with Crippen molar-refractivity contribution in [1.82, 2.24) is 5.32 Å². The molecule has 0 amide bonds. The molecule has 1 heteroatoms. The molecule has 0 saturated heterocycles. The van der Waals surface area contributed by atoms with Crippen LogP contribution in [0, 0.1) is 35.5 Å². The van der Waals surface area contributed by atoms with Crippen LogP contribution in [-0.2, 0) is 0 Å². The third-order valence-corrected chi connectivity index (χ3v) is 4.83. The molecule has 0 saturated carbocycles. The van der Waals surface area contributed by atoms with Gasteiger partial charge >= 0.3 is 0 Å². The Bertz CT molecular complexity index is 166. The van der Waals surface area contributed by atoms with E-state index in [1.165, 1.54) is 0 Å². The molecule has 0 aliphatic rings. The fraction of sp³-hybridized carbons (Fsp3) is 1.00. The summed E-state index contributed by atoms with van der Waals surface area (Å²) < 4.78 is 0. The van der Waals surface area contributed by atoms with E-state index < -0.39 is 0 Å². The van der Waals surface area contributed by atoms with Gasteiger partial charge in [-0.3, -0.25) is 0 Å². The van der Waals surface area contributed by atoms with Crippen LogP contribution in [0.2, 0.25) is 0 Å². The van der Waals surface area contributed by atoms with Gasteiger partial charge < -0.3 is 5.32 Å². The lowest BCUT2D eigenvalue weighted by molar-refractivity contribution is 0.256. The Morgan fingerprint density at radius 1 is 0.588 bits per heavy atom. The number of hydrogen-bond acceptors (Lipinski definition) is 1. The monoisotopic (exact) mass is 241 g/mol. The highest BCUT2D eigenvalue weighted by Gasteiger charge is 2.18. The van der Waals surface area contributed by atoms with E-state index >= 15 is 0 Å². The summed E-state index contributed by atoms with van der Waals surface area (Å²) in [6, 6.07) is 0. The van der Waals surface area contributed by atoms with Gasteiger partial charge in [-0.25, -0.2) is 0 Å². The van der Waals surface area contributed by atoms with Crippen molar-refractivity contribution in [2.45, 2.75) is 55.4 Å². The van der Waals surface area contributed by atoms with E-state index in [9.17, 15) is 0 Å². The van der Waals surface area contributed by atoms with Crippen LogP contribution in [-0.4, -0.2) is 13.1 Å². The van der Waals surface area contributed by atoms with Crippen LogP contribution < -0.4 is 5.32 Å². The van der Waals surface area contributed by atoms with Crippen LogP contribution in [0.4, 0.5) is 0 Å². The van der Waals surface area contributed by atoms with Crippen LogP contribution >= 0.6 is 0 Å². The molecular formula is C16H35N. The zero-order chi connectivity index (χ0) is 13.6. The van der Waals surface area contributed by atoms with Crippen molar-refractivity contribution in [3.8, 4) is 0 Å². The van der Waals surface area contributed by atoms with Crippen LogP contribution in [0.5, 0.6) is 0 Å². The molecule has 0 aliphatic heterocycles. The quantitative estimate of drug-likeness (QED) is 0.663. The zero-order valence-electron chi connectivity index (χ0n) is 13.4. The van der Waals surface area contributed by atoms with Gasteiger partial charge in [-0.05, 0) is 48.6 Å². The number of hydrogen-bond donors (Lipinski definition) is 1. The van der Waals surface area contributed by atoms with Crippen molar-refractivity contribution >= 4 is 0 Å². The molecule has 0 aromatic carbocycles. The molecule has 0 rings (SSSR count). The number of rotatable bonds is 8. The van der Waals surface area contributed by atoms with Gasteiger partial charge in [0.25, 0.3) is 0 Å². The van der Waals surface area contributed by atoms with Gasteiger partial charge in [0.15, 0.2) is 0 Å². The summed E-state index contributed by atoms with van der Waals surface area (Å²) in [5.74, 6) is 4.74. The summed E-state index contributed by atoms with van der Waals surface area (Å²) in [7, 11) is 0. The Morgan fingerprint density at radius 3 is 1.12 bits per heavy atom. The third-order valence-electron chi connectivity index (χ3n) is 4.83. The second-order valence-electron chi connectivity index (χ2n) is 6.82. The van der Waals surface area contributed by atoms with Gasteiger partial charge in [0, 0.05) is 0 Å². The first kappa shape index (κ1) is 17.0. The molecule has 0 spiro atoms. The third kappa shape index (κ3) is 6.45. The second kappa shape index (κ2) is 8.13. The van der Waals surface area contributed by atoms with Crippen molar-refractivity contribution < 1.29 is 0 Å². The lowest BCUT2D eigenvalue weighted by Crippen LogP contribution is -2.33. The summed E-state index contributed by atoms with van der Waals surface area (Å²) in [6.45, 7) is 21.1. The molecule has 0 aromatic rings. The average Bonchev–Trinajstić information content (AvgIpc) is 2.26. The van der Waals surface area contributed by atoms with Crippen LogP contribution in [0.25, 0.3) is 0 Å². The minimum atomic E-state index is 0.775. The fourth-order valence-corrected chi connectivity index (χ4v) is 2.22. The summed E-state index contributed by atoms with van der Waals surface area (Å²) in [4.78, 5) is 0. The van der Waals surface area contributed by atoms with Gasteiger partial charge in [-0.2, -0.15) is 0 Å². The lowest BCUT2D eigenvalue weighted by Gasteiger charge is -2.27. The van der Waals surface area contributed by atoms with Gasteiger partial charge in [0.05, 0.1) is 0 Å². The standard InChI is InChI=1S/C16H35N/c1-11(2)15(7)13(5)9-17-10-14(6)16(8)12(3)4/h11-17H,9-10H2,1-8H3. The molecule has 0 fully saturated rings. The summed E-state index contributed by atoms with van der Waals surface area (Å²) in [5.41, 5.74) is 0. The molecule has 1 nitrogen and oxygen atoms in total. The fourth-order valence-electron chi connectivity index (χ4n) is 2.22. The highest BCUT2D eigenvalue weighted by atomic mass is 14.9. The van der Waals surface area contributed by atoms with E-state index in [4.69, 9.17) is 0 Å². The second-order valence-corrected chi connectivity index (χ2v) is 6.82. The Labute approximate surface area is 110 Å². The van der Waals surface area contributed by atoms with Gasteiger partial charge in [0.1, 0.15) is 0 Å². The van der Waals surface area contributed by atoms with Gasteiger partial charge in [-0.15, -0.1) is 0 Å². The van der Waals surface area contributed by atoms with Crippen molar-refractivity contribution in [1.29, 1.82) is 0 Å². The minimum absolute atomic E-state index is 0.775. The molecular weight excluding hydrogens is 206 g/mol. The molecule has 0 radical (unpaired) electrons. The molecule has 4 atom stereocenters. The Morgan fingerprint density at radius 2 is 0.882 bits per heavy atom. The predicted molar refractivity (Wildman–Crippen MR) is 79.2 cm³/mol. The Kier molecular flexibility index (Phi) is 8.11. The molecule has 104 valence electrons. The van der Waals surface area contributed by atoms with Crippen LogP contribution in [0.3, 0.4) is 0 Å². The lowest BCUT2D eigenvalue weighted by atomic mass is 9.85. The smallest absolute Gasteiger partial charge is 0.00204 e. The SMILES string of the molecule is CC(C)C(C)C(C)CNCC(C)C(C)C(C)C. The van der Waals surface area contributed by atoms with Crippen LogP contribution in [0.15, 0.2) is 0 Å². The molecule has 0 aromatic heterocycles. The van der Waals surface area contributed by atoms with E-state index in [0.29, 0.717) is 0 Å². The highest BCUT2D eigenvalue weighted by molar-refractivity contribution is 4.71. The minimum Gasteiger partial charge on any atom is -0.316 e. The Hall–Kier alpha value is -0.0400. The molecule has 17 heavy (non-hydrogen) atoms. The molecule has 0 heterocycles. The first-order valence-electron chi connectivity index (χ1n) is 7.48. The molecule has 0 bridgehead atoms. The normalized spacial score (nSPS) is 19.4. The van der Waals surface area contributed by atoms with Crippen molar-refractivity contribution in [3.63, 3.8) is 0 Å². The molecule has 1 N–H and O–H groups in total. The average molecular weight is 241 g/mol. The summed E-state index contributed by atoms with van der Waals surface area (Å²) in [5, 5.41) is 3.66.